The third-order valence-corrected chi connectivity index (χ3v) is 3.61. The number of pyridine rings is 1. The number of rotatable bonds is 5. The number of nitrogens with one attached hydrogen (secondary N) is 1. The molecule has 0 aromatic carbocycles. The SMILES string of the molecule is CCCc1cc(C(=O)NCC2CC2C)cc(Cl)n1. The van der Waals surface area contributed by atoms with Gasteiger partial charge in [0.05, 0.1) is 0 Å². The number of amides is 1. The number of carbonyl (C=O) groups is 1. The van der Waals surface area contributed by atoms with Crippen LogP contribution in [-0.2, 0) is 6.42 Å². The third-order valence-electron chi connectivity index (χ3n) is 3.42. The molecule has 4 heteroatoms. The van der Waals surface area contributed by atoms with Gasteiger partial charge in [0.15, 0.2) is 0 Å². The zero-order chi connectivity index (χ0) is 13.1. The van der Waals surface area contributed by atoms with Gasteiger partial charge in [0, 0.05) is 17.8 Å². The molecule has 2 unspecified atom stereocenters. The maximum Gasteiger partial charge on any atom is 0.251 e. The number of nitrogens with zero attached hydrogens (tertiary/aromatic N) is 1. The van der Waals surface area contributed by atoms with Crippen LogP contribution in [0, 0.1) is 11.8 Å². The van der Waals surface area contributed by atoms with Crippen molar-refractivity contribution in [2.45, 2.75) is 33.1 Å². The summed E-state index contributed by atoms with van der Waals surface area (Å²) in [5.74, 6) is 1.36. The molecule has 0 radical (unpaired) electrons. The van der Waals surface area contributed by atoms with Gasteiger partial charge in [0.25, 0.3) is 5.91 Å². The highest BCUT2D eigenvalue weighted by atomic mass is 35.5. The van der Waals surface area contributed by atoms with Gasteiger partial charge >= 0.3 is 0 Å². The minimum atomic E-state index is -0.0456. The quantitative estimate of drug-likeness (QED) is 0.833. The molecule has 98 valence electrons. The van der Waals surface area contributed by atoms with Crippen LogP contribution in [0.4, 0.5) is 0 Å². The van der Waals surface area contributed by atoms with Crippen LogP contribution in [0.2, 0.25) is 5.15 Å². The Morgan fingerprint density at radius 2 is 2.28 bits per heavy atom. The highest BCUT2D eigenvalue weighted by Gasteiger charge is 2.32. The smallest absolute Gasteiger partial charge is 0.251 e. The van der Waals surface area contributed by atoms with Crippen molar-refractivity contribution < 1.29 is 4.79 Å². The van der Waals surface area contributed by atoms with E-state index in [-0.39, 0.29) is 5.91 Å². The zero-order valence-electron chi connectivity index (χ0n) is 10.9. The van der Waals surface area contributed by atoms with E-state index >= 15 is 0 Å². The first-order valence-electron chi connectivity index (χ1n) is 6.54. The second-order valence-corrected chi connectivity index (χ2v) is 5.49. The number of aryl methyl sites for hydroxylation is 1. The van der Waals surface area contributed by atoms with Gasteiger partial charge in [0.1, 0.15) is 5.15 Å². The van der Waals surface area contributed by atoms with Gasteiger partial charge in [-0.2, -0.15) is 0 Å². The summed E-state index contributed by atoms with van der Waals surface area (Å²) in [7, 11) is 0. The maximum absolute atomic E-state index is 12.0. The lowest BCUT2D eigenvalue weighted by molar-refractivity contribution is 0.0951. The van der Waals surface area contributed by atoms with Crippen molar-refractivity contribution in [2.24, 2.45) is 11.8 Å². The third kappa shape index (κ3) is 3.45. The molecule has 18 heavy (non-hydrogen) atoms. The molecule has 1 saturated carbocycles. The molecule has 3 nitrogen and oxygen atoms in total. The first kappa shape index (κ1) is 13.3. The molecule has 0 aliphatic heterocycles. The number of halogens is 1. The van der Waals surface area contributed by atoms with Gasteiger partial charge < -0.3 is 5.32 Å². The molecule has 1 aromatic rings. The van der Waals surface area contributed by atoms with Crippen LogP contribution in [-0.4, -0.2) is 17.4 Å². The van der Waals surface area contributed by atoms with Gasteiger partial charge in [-0.1, -0.05) is 31.9 Å². The fourth-order valence-corrected chi connectivity index (χ4v) is 2.30. The topological polar surface area (TPSA) is 42.0 Å². The standard InChI is InChI=1S/C14H19ClN2O/c1-3-4-12-6-10(7-13(15)17-12)14(18)16-8-11-5-9(11)2/h6-7,9,11H,3-5,8H2,1-2H3,(H,16,18). The van der Waals surface area contributed by atoms with Gasteiger partial charge in [-0.15, -0.1) is 0 Å². The summed E-state index contributed by atoms with van der Waals surface area (Å²) in [6.07, 6.45) is 3.06. The van der Waals surface area contributed by atoms with Crippen LogP contribution >= 0.6 is 11.6 Å². The van der Waals surface area contributed by atoms with Gasteiger partial charge in [0.2, 0.25) is 0 Å². The van der Waals surface area contributed by atoms with E-state index in [0.717, 1.165) is 31.0 Å². The van der Waals surface area contributed by atoms with E-state index in [9.17, 15) is 4.79 Å². The Kier molecular flexibility index (Phi) is 4.23. The lowest BCUT2D eigenvalue weighted by atomic mass is 10.1. The van der Waals surface area contributed by atoms with Crippen molar-refractivity contribution in [1.82, 2.24) is 10.3 Å². The molecule has 2 rings (SSSR count). The molecule has 0 bridgehead atoms. The van der Waals surface area contributed by atoms with Crippen LogP contribution in [0.3, 0.4) is 0 Å². The first-order chi connectivity index (χ1) is 8.60. The first-order valence-corrected chi connectivity index (χ1v) is 6.92. The number of hydrogen-bond donors (Lipinski definition) is 1. The number of carbonyl (C=O) groups excluding carboxylic acids is 1. The summed E-state index contributed by atoms with van der Waals surface area (Å²) in [5.41, 5.74) is 1.50. The van der Waals surface area contributed by atoms with Crippen LogP contribution < -0.4 is 5.32 Å². The van der Waals surface area contributed by atoms with Crippen LogP contribution in [0.25, 0.3) is 0 Å². The monoisotopic (exact) mass is 266 g/mol. The van der Waals surface area contributed by atoms with E-state index in [4.69, 9.17) is 11.6 Å². The van der Waals surface area contributed by atoms with E-state index in [0.29, 0.717) is 16.6 Å². The van der Waals surface area contributed by atoms with Gasteiger partial charge in [-0.3, -0.25) is 4.79 Å². The summed E-state index contributed by atoms with van der Waals surface area (Å²) in [6, 6.07) is 3.47. The van der Waals surface area contributed by atoms with Crippen molar-refractivity contribution in [1.29, 1.82) is 0 Å². The molecule has 1 heterocycles. The summed E-state index contributed by atoms with van der Waals surface area (Å²) in [5, 5.41) is 3.36. The van der Waals surface area contributed by atoms with Crippen molar-refractivity contribution in [2.75, 3.05) is 6.54 Å². The summed E-state index contributed by atoms with van der Waals surface area (Å²) >= 11 is 5.94. The Balaban J connectivity index is 1.99. The molecular weight excluding hydrogens is 248 g/mol. The predicted octanol–water partition coefficient (Wildman–Crippen LogP) is 3.07. The van der Waals surface area contributed by atoms with E-state index in [1.54, 1.807) is 6.07 Å². The second kappa shape index (κ2) is 5.70. The minimum Gasteiger partial charge on any atom is -0.352 e. The van der Waals surface area contributed by atoms with E-state index in [1.165, 1.54) is 6.42 Å². The lowest BCUT2D eigenvalue weighted by Crippen LogP contribution is -2.26. The molecular formula is C14H19ClN2O. The summed E-state index contributed by atoms with van der Waals surface area (Å²) < 4.78 is 0. The molecule has 0 spiro atoms. The van der Waals surface area contributed by atoms with Crippen molar-refractivity contribution in [3.8, 4) is 0 Å². The molecule has 2 atom stereocenters. The Morgan fingerprint density at radius 1 is 1.56 bits per heavy atom. The highest BCUT2D eigenvalue weighted by Crippen LogP contribution is 2.36. The van der Waals surface area contributed by atoms with Crippen molar-refractivity contribution >= 4 is 17.5 Å². The van der Waals surface area contributed by atoms with Gasteiger partial charge in [-0.25, -0.2) is 4.98 Å². The molecule has 0 saturated heterocycles. The Labute approximate surface area is 113 Å². The molecule has 1 aromatic heterocycles. The van der Waals surface area contributed by atoms with Crippen LogP contribution in [0.1, 0.15) is 42.7 Å². The summed E-state index contributed by atoms with van der Waals surface area (Å²) in [4.78, 5) is 16.2. The average molecular weight is 267 g/mol. The van der Waals surface area contributed by atoms with Crippen molar-refractivity contribution in [3.05, 3.63) is 28.5 Å². The summed E-state index contributed by atoms with van der Waals surface area (Å²) in [6.45, 7) is 5.05. The Hall–Kier alpha value is -1.09. The van der Waals surface area contributed by atoms with Gasteiger partial charge in [-0.05, 0) is 36.8 Å². The van der Waals surface area contributed by atoms with E-state index in [1.807, 2.05) is 6.07 Å². The fraction of sp³-hybridized carbons (Fsp3) is 0.571. The number of hydrogen-bond acceptors (Lipinski definition) is 2. The van der Waals surface area contributed by atoms with Crippen molar-refractivity contribution in [3.63, 3.8) is 0 Å². The number of aromatic nitrogens is 1. The van der Waals surface area contributed by atoms with Crippen LogP contribution in [0.5, 0.6) is 0 Å². The fourth-order valence-electron chi connectivity index (χ4n) is 2.08. The molecule has 1 aliphatic rings. The van der Waals surface area contributed by atoms with E-state index in [2.05, 4.69) is 24.1 Å². The van der Waals surface area contributed by atoms with Crippen LogP contribution in [0.15, 0.2) is 12.1 Å². The molecule has 1 fully saturated rings. The Morgan fingerprint density at radius 3 is 2.89 bits per heavy atom. The Bertz CT molecular complexity index is 447. The highest BCUT2D eigenvalue weighted by molar-refractivity contribution is 6.29. The maximum atomic E-state index is 12.0. The molecule has 1 aliphatic carbocycles. The lowest BCUT2D eigenvalue weighted by Gasteiger charge is -2.07. The largest absolute Gasteiger partial charge is 0.352 e. The molecule has 1 N–H and O–H groups in total. The zero-order valence-corrected chi connectivity index (χ0v) is 11.6. The second-order valence-electron chi connectivity index (χ2n) is 5.10. The van der Waals surface area contributed by atoms with E-state index < -0.39 is 0 Å². The minimum absolute atomic E-state index is 0.0456. The predicted molar refractivity (Wildman–Crippen MR) is 72.8 cm³/mol. The average Bonchev–Trinajstić information content (AvgIpc) is 3.02. The normalized spacial score (nSPS) is 21.7. The molecule has 1 amide bonds.